The number of likely N-dealkylation sites (N-methyl/N-ethyl adjacent to an activating group) is 1. The van der Waals surface area contributed by atoms with Crippen LogP contribution in [-0.2, 0) is 6.54 Å². The molecule has 7 heteroatoms. The Labute approximate surface area is 177 Å². The second-order valence-corrected chi connectivity index (χ2v) is 8.17. The Morgan fingerprint density at radius 1 is 1.23 bits per heavy atom. The van der Waals surface area contributed by atoms with Gasteiger partial charge in [0.25, 0.3) is 11.5 Å². The van der Waals surface area contributed by atoms with Gasteiger partial charge in [-0.15, -0.1) is 0 Å². The van der Waals surface area contributed by atoms with Crippen LogP contribution >= 0.6 is 0 Å². The number of carbonyl (C=O) groups is 1. The highest BCUT2D eigenvalue weighted by atomic mass is 16.2. The minimum atomic E-state index is -0.395. The molecule has 0 saturated carbocycles. The molecule has 30 heavy (non-hydrogen) atoms. The lowest BCUT2D eigenvalue weighted by atomic mass is 10.1. The van der Waals surface area contributed by atoms with Gasteiger partial charge in [0.15, 0.2) is 0 Å². The van der Waals surface area contributed by atoms with Gasteiger partial charge in [0.1, 0.15) is 11.4 Å². The predicted octanol–water partition coefficient (Wildman–Crippen LogP) is 3.60. The third-order valence-corrected chi connectivity index (χ3v) is 5.30. The molecule has 0 spiro atoms. The Hall–Kier alpha value is -2.93. The summed E-state index contributed by atoms with van der Waals surface area (Å²) in [5, 5.41) is 2.89. The van der Waals surface area contributed by atoms with Crippen molar-refractivity contribution in [3.8, 4) is 0 Å². The van der Waals surface area contributed by atoms with E-state index in [9.17, 15) is 9.59 Å². The Bertz CT molecular complexity index is 1130. The first kappa shape index (κ1) is 21.8. The maximum absolute atomic E-state index is 13.0. The quantitative estimate of drug-likeness (QED) is 0.647. The predicted molar refractivity (Wildman–Crippen MR) is 121 cm³/mol. The molecule has 1 unspecified atom stereocenters. The van der Waals surface area contributed by atoms with Crippen LogP contribution < -0.4 is 10.9 Å². The molecule has 7 nitrogen and oxygen atoms in total. The fraction of sp³-hybridized carbons (Fsp3) is 0.435. The van der Waals surface area contributed by atoms with Gasteiger partial charge in [0, 0.05) is 31.0 Å². The van der Waals surface area contributed by atoms with Crippen molar-refractivity contribution in [3.63, 3.8) is 0 Å². The first-order chi connectivity index (χ1) is 14.2. The minimum absolute atomic E-state index is 0.0403. The molecule has 1 aromatic carbocycles. The average Bonchev–Trinajstić information content (AvgIpc) is 2.96. The van der Waals surface area contributed by atoms with E-state index in [1.165, 1.54) is 0 Å². The van der Waals surface area contributed by atoms with E-state index in [1.807, 2.05) is 57.1 Å². The summed E-state index contributed by atoms with van der Waals surface area (Å²) in [6.07, 6.45) is 2.79. The summed E-state index contributed by atoms with van der Waals surface area (Å²) in [6, 6.07) is 7.47. The highest BCUT2D eigenvalue weighted by Gasteiger charge is 2.19. The maximum Gasteiger partial charge on any atom is 0.263 e. The number of aromatic nitrogens is 3. The number of imidazole rings is 1. The van der Waals surface area contributed by atoms with Crippen LogP contribution in [0.5, 0.6) is 0 Å². The van der Waals surface area contributed by atoms with Gasteiger partial charge in [0.05, 0.1) is 11.0 Å². The van der Waals surface area contributed by atoms with Gasteiger partial charge in [-0.2, -0.15) is 0 Å². The standard InChI is InChI=1S/C23H31N5O2/c1-7-11-28-17(4)24-19-13-18(8-9-20(19)28)25-22(29)21-15(2)10-12-27(23(21)30)16(3)14-26(5)6/h8-10,12-13,16H,7,11,14H2,1-6H3,(H,25,29). The zero-order valence-corrected chi connectivity index (χ0v) is 18.7. The van der Waals surface area contributed by atoms with Gasteiger partial charge in [-0.25, -0.2) is 4.98 Å². The first-order valence-electron chi connectivity index (χ1n) is 10.4. The second kappa shape index (κ2) is 8.83. The molecule has 160 valence electrons. The van der Waals surface area contributed by atoms with E-state index < -0.39 is 5.91 Å². The van der Waals surface area contributed by atoms with E-state index in [0.717, 1.165) is 29.8 Å². The van der Waals surface area contributed by atoms with E-state index >= 15 is 0 Å². The number of hydrogen-bond donors (Lipinski definition) is 1. The Kier molecular flexibility index (Phi) is 6.41. The Morgan fingerprint density at radius 3 is 2.63 bits per heavy atom. The summed E-state index contributed by atoms with van der Waals surface area (Å²) >= 11 is 0. The van der Waals surface area contributed by atoms with Gasteiger partial charge < -0.3 is 19.4 Å². The molecule has 0 aliphatic rings. The largest absolute Gasteiger partial charge is 0.328 e. The topological polar surface area (TPSA) is 72.2 Å². The molecule has 1 atom stereocenters. The molecule has 0 fully saturated rings. The van der Waals surface area contributed by atoms with Crippen molar-refractivity contribution in [2.45, 2.75) is 46.7 Å². The normalized spacial score (nSPS) is 12.5. The van der Waals surface area contributed by atoms with Crippen LogP contribution in [0.1, 0.15) is 48.1 Å². The summed E-state index contributed by atoms with van der Waals surface area (Å²) in [6.45, 7) is 9.49. The van der Waals surface area contributed by atoms with Crippen LogP contribution in [0.4, 0.5) is 5.69 Å². The van der Waals surface area contributed by atoms with Crippen molar-refractivity contribution < 1.29 is 4.79 Å². The molecular weight excluding hydrogens is 378 g/mol. The summed E-state index contributed by atoms with van der Waals surface area (Å²) in [5.41, 5.74) is 3.07. The maximum atomic E-state index is 13.0. The van der Waals surface area contributed by atoms with Gasteiger partial charge in [-0.3, -0.25) is 9.59 Å². The van der Waals surface area contributed by atoms with Crippen molar-refractivity contribution in [1.82, 2.24) is 19.0 Å². The van der Waals surface area contributed by atoms with Crippen LogP contribution in [0, 0.1) is 13.8 Å². The van der Waals surface area contributed by atoms with E-state index in [0.29, 0.717) is 17.8 Å². The fourth-order valence-corrected chi connectivity index (χ4v) is 3.91. The molecule has 0 saturated heterocycles. The first-order valence-corrected chi connectivity index (χ1v) is 10.4. The highest BCUT2D eigenvalue weighted by molar-refractivity contribution is 6.05. The van der Waals surface area contributed by atoms with Crippen LogP contribution in [0.3, 0.4) is 0 Å². The van der Waals surface area contributed by atoms with Gasteiger partial charge >= 0.3 is 0 Å². The van der Waals surface area contributed by atoms with E-state index in [1.54, 1.807) is 17.7 Å². The SMILES string of the molecule is CCCn1c(C)nc2cc(NC(=O)c3c(C)ccn(C(C)CN(C)C)c3=O)ccc21. The van der Waals surface area contributed by atoms with Crippen LogP contribution in [0.2, 0.25) is 0 Å². The molecule has 1 amide bonds. The molecule has 0 radical (unpaired) electrons. The molecule has 2 heterocycles. The average molecular weight is 410 g/mol. The molecule has 1 N–H and O–H groups in total. The second-order valence-electron chi connectivity index (χ2n) is 8.17. The number of rotatable bonds is 7. The van der Waals surface area contributed by atoms with Gasteiger partial charge in [0.2, 0.25) is 0 Å². The minimum Gasteiger partial charge on any atom is -0.328 e. The summed E-state index contributed by atoms with van der Waals surface area (Å²) in [5.74, 6) is 0.556. The molecular formula is C23H31N5O2. The molecule has 3 aromatic rings. The summed E-state index contributed by atoms with van der Waals surface area (Å²) in [7, 11) is 3.92. The zero-order valence-electron chi connectivity index (χ0n) is 18.7. The lowest BCUT2D eigenvalue weighted by molar-refractivity contribution is 0.102. The van der Waals surface area contributed by atoms with Crippen molar-refractivity contribution in [1.29, 1.82) is 0 Å². The summed E-state index contributed by atoms with van der Waals surface area (Å²) < 4.78 is 3.80. The number of pyridine rings is 1. The number of nitrogens with one attached hydrogen (secondary N) is 1. The monoisotopic (exact) mass is 409 g/mol. The van der Waals surface area contributed by atoms with Crippen molar-refractivity contribution in [2.75, 3.05) is 26.0 Å². The molecule has 3 rings (SSSR count). The Balaban J connectivity index is 1.91. The van der Waals surface area contributed by atoms with E-state index in [2.05, 4.69) is 21.8 Å². The molecule has 0 aliphatic heterocycles. The third-order valence-electron chi connectivity index (χ3n) is 5.30. The fourth-order valence-electron chi connectivity index (χ4n) is 3.91. The van der Waals surface area contributed by atoms with Crippen LogP contribution in [0.25, 0.3) is 11.0 Å². The number of benzene rings is 1. The van der Waals surface area contributed by atoms with E-state index in [4.69, 9.17) is 0 Å². The summed E-state index contributed by atoms with van der Waals surface area (Å²) in [4.78, 5) is 32.7. The number of carbonyl (C=O) groups excluding carboxylic acids is 1. The van der Waals surface area contributed by atoms with Crippen LogP contribution in [0.15, 0.2) is 35.3 Å². The lowest BCUT2D eigenvalue weighted by Gasteiger charge is -2.20. The number of fused-ring (bicyclic) bond motifs is 1. The molecule has 0 aliphatic carbocycles. The van der Waals surface area contributed by atoms with Gasteiger partial charge in [-0.05, 0) is 71.1 Å². The number of amides is 1. The zero-order chi connectivity index (χ0) is 22.0. The number of anilines is 1. The smallest absolute Gasteiger partial charge is 0.263 e. The van der Waals surface area contributed by atoms with Crippen molar-refractivity contribution in [3.05, 3.63) is 57.8 Å². The third kappa shape index (κ3) is 4.31. The Morgan fingerprint density at radius 2 is 1.97 bits per heavy atom. The number of hydrogen-bond acceptors (Lipinski definition) is 4. The lowest BCUT2D eigenvalue weighted by Crippen LogP contribution is -2.34. The van der Waals surface area contributed by atoms with Crippen molar-refractivity contribution in [2.24, 2.45) is 0 Å². The highest BCUT2D eigenvalue weighted by Crippen LogP contribution is 2.21. The van der Waals surface area contributed by atoms with Crippen molar-refractivity contribution >= 4 is 22.6 Å². The van der Waals surface area contributed by atoms with Gasteiger partial charge in [-0.1, -0.05) is 6.92 Å². The molecule has 2 aromatic heterocycles. The van der Waals surface area contributed by atoms with Crippen LogP contribution in [-0.4, -0.2) is 45.6 Å². The number of aryl methyl sites for hydroxylation is 3. The molecule has 0 bridgehead atoms. The van der Waals surface area contributed by atoms with E-state index in [-0.39, 0.29) is 17.2 Å². The number of nitrogens with zero attached hydrogens (tertiary/aromatic N) is 4.